The Morgan fingerprint density at radius 1 is 0.737 bits per heavy atom. The number of amides is 2. The first-order chi connectivity index (χ1) is 18.5. The molecule has 0 N–H and O–H groups in total. The van der Waals surface area contributed by atoms with Crippen LogP contribution < -0.4 is 10.3 Å². The number of aromatic nitrogens is 2. The molecular formula is C29H27N5O4. The zero-order valence-corrected chi connectivity index (χ0v) is 21.4. The molecule has 9 nitrogen and oxygen atoms in total. The van der Waals surface area contributed by atoms with Crippen molar-refractivity contribution in [2.75, 3.05) is 7.11 Å². The van der Waals surface area contributed by atoms with Crippen molar-refractivity contribution in [2.24, 2.45) is 10.2 Å². The van der Waals surface area contributed by atoms with Crippen LogP contribution in [0.1, 0.15) is 47.4 Å². The summed E-state index contributed by atoms with van der Waals surface area (Å²) >= 11 is 0. The second kappa shape index (κ2) is 10.3. The molecule has 0 fully saturated rings. The van der Waals surface area contributed by atoms with Crippen LogP contribution in [0.15, 0.2) is 93.9 Å². The summed E-state index contributed by atoms with van der Waals surface area (Å²) in [5.41, 5.74) is 1.51. The molecule has 0 radical (unpaired) electrons. The van der Waals surface area contributed by atoms with E-state index in [1.165, 1.54) is 16.7 Å². The second-order valence-electron chi connectivity index (χ2n) is 8.81. The number of para-hydroxylation sites is 2. The van der Waals surface area contributed by atoms with Crippen molar-refractivity contribution in [2.45, 2.75) is 32.7 Å². The quantitative estimate of drug-likeness (QED) is 0.220. The first-order valence-corrected chi connectivity index (χ1v) is 12.5. The van der Waals surface area contributed by atoms with Crippen LogP contribution in [0, 0.1) is 0 Å². The Kier molecular flexibility index (Phi) is 6.74. The van der Waals surface area contributed by atoms with Crippen molar-refractivity contribution in [3.63, 3.8) is 0 Å². The Morgan fingerprint density at radius 3 is 1.92 bits per heavy atom. The lowest BCUT2D eigenvalue weighted by Gasteiger charge is -2.23. The molecule has 1 aromatic heterocycles. The van der Waals surface area contributed by atoms with Gasteiger partial charge in [-0.25, -0.2) is 9.36 Å². The lowest BCUT2D eigenvalue weighted by Crippen LogP contribution is -2.39. The van der Waals surface area contributed by atoms with Crippen molar-refractivity contribution in [3.05, 3.63) is 100 Å². The average molecular weight is 510 g/mol. The largest absolute Gasteiger partial charge is 0.479 e. The Labute approximate surface area is 219 Å². The van der Waals surface area contributed by atoms with Crippen LogP contribution in [0.3, 0.4) is 0 Å². The van der Waals surface area contributed by atoms with E-state index in [-0.39, 0.29) is 40.3 Å². The molecule has 2 amide bonds. The number of rotatable bonds is 8. The maximum Gasteiger partial charge on any atom is 0.303 e. The van der Waals surface area contributed by atoms with E-state index in [1.54, 1.807) is 22.9 Å². The third kappa shape index (κ3) is 4.02. The van der Waals surface area contributed by atoms with E-state index in [0.717, 1.165) is 0 Å². The van der Waals surface area contributed by atoms with E-state index in [0.29, 0.717) is 24.2 Å². The summed E-state index contributed by atoms with van der Waals surface area (Å²) < 4.78 is 8.76. The molecule has 0 unspecified atom stereocenters. The van der Waals surface area contributed by atoms with Gasteiger partial charge in [0.05, 0.1) is 35.3 Å². The van der Waals surface area contributed by atoms with Gasteiger partial charge in [-0.15, -0.1) is 10.2 Å². The fourth-order valence-electron chi connectivity index (χ4n) is 4.80. The Balaban J connectivity index is 1.66. The molecule has 38 heavy (non-hydrogen) atoms. The van der Waals surface area contributed by atoms with Crippen molar-refractivity contribution >= 4 is 23.2 Å². The van der Waals surface area contributed by atoms with Crippen LogP contribution in [-0.4, -0.2) is 39.2 Å². The molecule has 1 aliphatic rings. The number of carbonyl (C=O) groups excluding carboxylic acids is 2. The SMILES string of the molecule is CCC(CC)N1C(=O)c2cccc(N=Nc3c(OC)n(-c4ccccc4)n(-c4ccccc4)c3=O)c2C1=O. The molecule has 3 aromatic carbocycles. The van der Waals surface area contributed by atoms with Crippen molar-refractivity contribution in [3.8, 4) is 17.3 Å². The normalized spacial score (nSPS) is 13.1. The number of azo groups is 1. The number of hydrogen-bond acceptors (Lipinski definition) is 6. The van der Waals surface area contributed by atoms with Gasteiger partial charge in [-0.3, -0.25) is 19.3 Å². The predicted molar refractivity (Wildman–Crippen MR) is 143 cm³/mol. The summed E-state index contributed by atoms with van der Waals surface area (Å²) in [5.74, 6) is -0.554. The van der Waals surface area contributed by atoms with Gasteiger partial charge in [0.2, 0.25) is 11.6 Å². The van der Waals surface area contributed by atoms with E-state index >= 15 is 0 Å². The zero-order valence-electron chi connectivity index (χ0n) is 21.4. The van der Waals surface area contributed by atoms with E-state index in [9.17, 15) is 14.4 Å². The minimum absolute atomic E-state index is 0.0357. The fourth-order valence-corrected chi connectivity index (χ4v) is 4.80. The summed E-state index contributed by atoms with van der Waals surface area (Å²) in [6.45, 7) is 3.89. The van der Waals surface area contributed by atoms with E-state index in [1.807, 2.05) is 74.5 Å². The highest BCUT2D eigenvalue weighted by molar-refractivity contribution is 6.23. The number of ether oxygens (including phenoxy) is 1. The minimum Gasteiger partial charge on any atom is -0.479 e. The molecule has 4 aromatic rings. The van der Waals surface area contributed by atoms with Gasteiger partial charge >= 0.3 is 5.56 Å². The maximum absolute atomic E-state index is 13.7. The van der Waals surface area contributed by atoms with Crippen LogP contribution in [0.4, 0.5) is 11.4 Å². The van der Waals surface area contributed by atoms with Gasteiger partial charge in [0, 0.05) is 6.04 Å². The molecule has 0 saturated heterocycles. The highest BCUT2D eigenvalue weighted by atomic mass is 16.5. The van der Waals surface area contributed by atoms with Crippen molar-refractivity contribution in [1.29, 1.82) is 0 Å². The van der Waals surface area contributed by atoms with Crippen molar-refractivity contribution < 1.29 is 14.3 Å². The number of methoxy groups -OCH3 is 1. The summed E-state index contributed by atoms with van der Waals surface area (Å²) in [4.78, 5) is 41.4. The maximum atomic E-state index is 13.7. The summed E-state index contributed by atoms with van der Waals surface area (Å²) in [5, 5.41) is 8.60. The standard InChI is InChI=1S/C29H27N5O4/c1-4-19(5-2)32-26(35)22-17-12-18-23(24(22)27(32)36)30-31-25-28(37)33(20-13-8-6-9-14-20)34(29(25)38-3)21-15-10-7-11-16-21/h6-19H,4-5H2,1-3H3. The minimum atomic E-state index is -0.450. The summed E-state index contributed by atoms with van der Waals surface area (Å²) in [7, 11) is 1.46. The van der Waals surface area contributed by atoms with Crippen LogP contribution in [-0.2, 0) is 0 Å². The number of fused-ring (bicyclic) bond motifs is 1. The molecule has 0 atom stereocenters. The van der Waals surface area contributed by atoms with Gasteiger partial charge in [-0.2, -0.15) is 0 Å². The van der Waals surface area contributed by atoms with E-state index < -0.39 is 11.5 Å². The molecule has 2 heterocycles. The highest BCUT2D eigenvalue weighted by Gasteiger charge is 2.40. The van der Waals surface area contributed by atoms with Gasteiger partial charge in [-0.05, 0) is 49.2 Å². The first-order valence-electron chi connectivity index (χ1n) is 12.5. The zero-order chi connectivity index (χ0) is 26.8. The first kappa shape index (κ1) is 24.9. The lowest BCUT2D eigenvalue weighted by molar-refractivity contribution is 0.0576. The predicted octanol–water partition coefficient (Wildman–Crippen LogP) is 5.84. The number of imide groups is 1. The van der Waals surface area contributed by atoms with Gasteiger partial charge in [0.25, 0.3) is 11.8 Å². The van der Waals surface area contributed by atoms with Crippen LogP contribution in [0.2, 0.25) is 0 Å². The molecule has 0 bridgehead atoms. The van der Waals surface area contributed by atoms with Crippen molar-refractivity contribution in [1.82, 2.24) is 14.3 Å². The molecule has 9 heteroatoms. The second-order valence-corrected chi connectivity index (χ2v) is 8.81. The topological polar surface area (TPSA) is 98.3 Å². The molecule has 0 spiro atoms. The summed E-state index contributed by atoms with van der Waals surface area (Å²) in [6, 6.07) is 23.1. The third-order valence-electron chi connectivity index (χ3n) is 6.67. The van der Waals surface area contributed by atoms with E-state index in [4.69, 9.17) is 4.74 Å². The molecule has 1 aliphatic heterocycles. The lowest BCUT2D eigenvalue weighted by atomic mass is 10.1. The molecule has 192 valence electrons. The molecular weight excluding hydrogens is 482 g/mol. The van der Waals surface area contributed by atoms with Gasteiger partial charge in [0.15, 0.2) is 0 Å². The van der Waals surface area contributed by atoms with Crippen LogP contribution in [0.25, 0.3) is 11.4 Å². The Bertz CT molecular complexity index is 1580. The Morgan fingerprint density at radius 2 is 1.34 bits per heavy atom. The fraction of sp³-hybridized carbons (Fsp3) is 0.207. The summed E-state index contributed by atoms with van der Waals surface area (Å²) in [6.07, 6.45) is 1.31. The number of nitrogens with zero attached hydrogens (tertiary/aromatic N) is 5. The van der Waals surface area contributed by atoms with Crippen LogP contribution in [0.5, 0.6) is 5.88 Å². The molecule has 5 rings (SSSR count). The highest BCUT2D eigenvalue weighted by Crippen LogP contribution is 2.36. The van der Waals surface area contributed by atoms with E-state index in [2.05, 4.69) is 10.2 Å². The number of hydrogen-bond donors (Lipinski definition) is 0. The third-order valence-corrected chi connectivity index (χ3v) is 6.67. The van der Waals surface area contributed by atoms with Gasteiger partial charge in [0.1, 0.15) is 0 Å². The Hall–Kier alpha value is -4.79. The number of carbonyl (C=O) groups is 2. The van der Waals surface area contributed by atoms with Gasteiger partial charge < -0.3 is 4.74 Å². The molecule has 0 aliphatic carbocycles. The van der Waals surface area contributed by atoms with Gasteiger partial charge in [-0.1, -0.05) is 56.3 Å². The molecule has 0 saturated carbocycles. The number of benzene rings is 3. The smallest absolute Gasteiger partial charge is 0.303 e. The average Bonchev–Trinajstić information content (AvgIpc) is 3.39. The van der Waals surface area contributed by atoms with Crippen LogP contribution >= 0.6 is 0 Å². The monoisotopic (exact) mass is 509 g/mol.